The van der Waals surface area contributed by atoms with E-state index in [1.807, 2.05) is 30.3 Å². The lowest BCUT2D eigenvalue weighted by Gasteiger charge is -2.34. The molecule has 28 heavy (non-hydrogen) atoms. The minimum absolute atomic E-state index is 0.0817. The van der Waals surface area contributed by atoms with Crippen LogP contribution in [0.5, 0.6) is 0 Å². The number of carbonyl (C=O) groups is 2. The highest BCUT2D eigenvalue weighted by molar-refractivity contribution is 9.10. The van der Waals surface area contributed by atoms with Gasteiger partial charge in [0.2, 0.25) is 0 Å². The molecule has 5 heteroatoms. The first-order valence-corrected chi connectivity index (χ1v) is 10.4. The van der Waals surface area contributed by atoms with Crippen molar-refractivity contribution < 1.29 is 9.59 Å². The van der Waals surface area contributed by atoms with Gasteiger partial charge >= 0.3 is 0 Å². The normalized spacial score (nSPS) is 18.3. The lowest BCUT2D eigenvalue weighted by Crippen LogP contribution is -2.35. The second-order valence-electron chi connectivity index (χ2n) is 8.27. The zero-order valence-corrected chi connectivity index (χ0v) is 17.5. The van der Waals surface area contributed by atoms with Crippen LogP contribution in [0.3, 0.4) is 0 Å². The minimum atomic E-state index is -0.314. The van der Waals surface area contributed by atoms with Crippen LogP contribution in [-0.2, 0) is 10.2 Å². The molecule has 1 N–H and O–H groups in total. The number of nitrogens with one attached hydrogen (secondary N) is 1. The standard InChI is InChI=1S/C23H21BrN2O2/c1-23(2)18-12-14(26-9-7-15(27)8-10-26)4-6-16(18)21(28)20-17-5-3-13(24)11-19(17)25-22(20)23/h3-6,11-12,25H,7-10H2,1-2H3. The molecule has 5 rings (SSSR count). The van der Waals surface area contributed by atoms with E-state index in [0.717, 1.165) is 56.5 Å². The molecule has 0 radical (unpaired) electrons. The van der Waals surface area contributed by atoms with Gasteiger partial charge in [-0.3, -0.25) is 9.59 Å². The summed E-state index contributed by atoms with van der Waals surface area (Å²) >= 11 is 3.52. The lowest BCUT2D eigenvalue weighted by molar-refractivity contribution is -0.119. The maximum Gasteiger partial charge on any atom is 0.195 e. The van der Waals surface area contributed by atoms with Crippen molar-refractivity contribution in [3.8, 4) is 0 Å². The Morgan fingerprint density at radius 1 is 1.04 bits per heavy atom. The summed E-state index contributed by atoms with van der Waals surface area (Å²) in [6, 6.07) is 12.1. The average Bonchev–Trinajstić information content (AvgIpc) is 3.06. The van der Waals surface area contributed by atoms with Gasteiger partial charge in [0.15, 0.2) is 5.78 Å². The number of aromatic nitrogens is 1. The first-order chi connectivity index (χ1) is 13.4. The molecule has 3 aromatic rings. The third-order valence-corrected chi connectivity index (χ3v) is 6.71. The molecule has 0 spiro atoms. The second-order valence-corrected chi connectivity index (χ2v) is 9.19. The number of hydrogen-bond donors (Lipinski definition) is 1. The molecule has 142 valence electrons. The summed E-state index contributed by atoms with van der Waals surface area (Å²) < 4.78 is 0.989. The molecule has 1 aliphatic carbocycles. The summed E-state index contributed by atoms with van der Waals surface area (Å²) in [5.74, 6) is 0.414. The van der Waals surface area contributed by atoms with Crippen LogP contribution in [0.2, 0.25) is 0 Å². The van der Waals surface area contributed by atoms with E-state index in [1.54, 1.807) is 0 Å². The van der Waals surface area contributed by atoms with Crippen molar-refractivity contribution in [3.63, 3.8) is 0 Å². The predicted octanol–water partition coefficient (Wildman–Crippen LogP) is 4.97. The van der Waals surface area contributed by atoms with E-state index < -0.39 is 0 Å². The van der Waals surface area contributed by atoms with E-state index in [-0.39, 0.29) is 11.2 Å². The van der Waals surface area contributed by atoms with Crippen LogP contribution in [0.15, 0.2) is 40.9 Å². The van der Waals surface area contributed by atoms with Crippen molar-refractivity contribution in [3.05, 3.63) is 63.3 Å². The molecule has 1 aliphatic heterocycles. The Labute approximate surface area is 172 Å². The van der Waals surface area contributed by atoms with Crippen molar-refractivity contribution in [1.29, 1.82) is 0 Å². The summed E-state index contributed by atoms with van der Waals surface area (Å²) in [5, 5.41) is 0.973. The maximum atomic E-state index is 13.4. The van der Waals surface area contributed by atoms with Gasteiger partial charge < -0.3 is 9.88 Å². The van der Waals surface area contributed by atoms with Gasteiger partial charge in [-0.2, -0.15) is 0 Å². The molecule has 1 fully saturated rings. The van der Waals surface area contributed by atoms with Crippen LogP contribution in [0.25, 0.3) is 10.9 Å². The Morgan fingerprint density at radius 2 is 1.79 bits per heavy atom. The molecule has 0 atom stereocenters. The highest BCUT2D eigenvalue weighted by Crippen LogP contribution is 2.45. The minimum Gasteiger partial charge on any atom is -0.371 e. The molecule has 1 saturated heterocycles. The zero-order chi connectivity index (χ0) is 19.6. The molecular formula is C23H21BrN2O2. The number of aromatic amines is 1. The number of hydrogen-bond acceptors (Lipinski definition) is 3. The van der Waals surface area contributed by atoms with E-state index in [4.69, 9.17) is 0 Å². The quantitative estimate of drug-likeness (QED) is 0.585. The number of anilines is 1. The monoisotopic (exact) mass is 436 g/mol. The second kappa shape index (κ2) is 6.05. The van der Waals surface area contributed by atoms with Crippen LogP contribution >= 0.6 is 15.9 Å². The van der Waals surface area contributed by atoms with E-state index in [9.17, 15) is 9.59 Å². The average molecular weight is 437 g/mol. The predicted molar refractivity (Wildman–Crippen MR) is 114 cm³/mol. The molecule has 0 unspecified atom stereocenters. The SMILES string of the molecule is CC1(C)c2cc(N3CCC(=O)CC3)ccc2C(=O)c2c1[nH]c1cc(Br)ccc21. The number of ketones is 2. The van der Waals surface area contributed by atoms with Gasteiger partial charge in [0.25, 0.3) is 0 Å². The van der Waals surface area contributed by atoms with Crippen LogP contribution < -0.4 is 4.90 Å². The fourth-order valence-corrected chi connectivity index (χ4v) is 4.96. The number of H-pyrrole nitrogens is 1. The fraction of sp³-hybridized carbons (Fsp3) is 0.304. The Bertz CT molecular complexity index is 1150. The van der Waals surface area contributed by atoms with Crippen molar-refractivity contribution in [2.24, 2.45) is 0 Å². The maximum absolute atomic E-state index is 13.4. The zero-order valence-electron chi connectivity index (χ0n) is 15.9. The Kier molecular flexibility index (Phi) is 3.82. The van der Waals surface area contributed by atoms with Crippen molar-refractivity contribution in [2.45, 2.75) is 32.1 Å². The summed E-state index contributed by atoms with van der Waals surface area (Å²) in [6.07, 6.45) is 1.20. The largest absolute Gasteiger partial charge is 0.371 e. The third-order valence-electron chi connectivity index (χ3n) is 6.22. The number of piperidine rings is 1. The Morgan fingerprint density at radius 3 is 2.54 bits per heavy atom. The number of carbonyl (C=O) groups excluding carboxylic acids is 2. The summed E-state index contributed by atoms with van der Waals surface area (Å²) in [4.78, 5) is 30.7. The number of Topliss-reactive ketones (excluding diaryl/α,β-unsaturated/α-hetero) is 1. The molecule has 1 aromatic heterocycles. The Balaban J connectivity index is 1.66. The number of rotatable bonds is 1. The molecule has 0 bridgehead atoms. The number of nitrogens with zero attached hydrogens (tertiary/aromatic N) is 1. The molecule has 4 nitrogen and oxygen atoms in total. The van der Waals surface area contributed by atoms with Gasteiger partial charge in [0.1, 0.15) is 5.78 Å². The Hall–Kier alpha value is -2.40. The van der Waals surface area contributed by atoms with Crippen LogP contribution in [-0.4, -0.2) is 29.6 Å². The third kappa shape index (κ3) is 2.49. The first-order valence-electron chi connectivity index (χ1n) is 9.64. The van der Waals surface area contributed by atoms with E-state index in [0.29, 0.717) is 18.6 Å². The molecule has 2 aromatic carbocycles. The van der Waals surface area contributed by atoms with Gasteiger partial charge in [-0.15, -0.1) is 0 Å². The van der Waals surface area contributed by atoms with Gasteiger partial charge in [-0.05, 0) is 35.9 Å². The van der Waals surface area contributed by atoms with Crippen molar-refractivity contribution in [1.82, 2.24) is 4.98 Å². The number of benzene rings is 2. The van der Waals surface area contributed by atoms with Crippen LogP contribution in [0.4, 0.5) is 5.69 Å². The van der Waals surface area contributed by atoms with E-state index >= 15 is 0 Å². The topological polar surface area (TPSA) is 53.2 Å². The molecule has 2 aliphatic rings. The highest BCUT2D eigenvalue weighted by atomic mass is 79.9. The lowest BCUT2D eigenvalue weighted by atomic mass is 9.71. The summed E-state index contributed by atoms with van der Waals surface area (Å²) in [7, 11) is 0. The fourth-order valence-electron chi connectivity index (χ4n) is 4.60. The van der Waals surface area contributed by atoms with Gasteiger partial charge in [0.05, 0.1) is 5.56 Å². The summed E-state index contributed by atoms with van der Waals surface area (Å²) in [6.45, 7) is 5.84. The number of fused-ring (bicyclic) bond motifs is 4. The van der Waals surface area contributed by atoms with Gasteiger partial charge in [-0.25, -0.2) is 0 Å². The van der Waals surface area contributed by atoms with Gasteiger partial charge in [-0.1, -0.05) is 35.8 Å². The molecule has 0 saturated carbocycles. The summed E-state index contributed by atoms with van der Waals surface area (Å²) in [5.41, 5.74) is 5.34. The molecular weight excluding hydrogens is 416 g/mol. The highest BCUT2D eigenvalue weighted by Gasteiger charge is 2.40. The first kappa shape index (κ1) is 17.7. The van der Waals surface area contributed by atoms with Gasteiger partial charge in [0, 0.05) is 63.7 Å². The smallest absolute Gasteiger partial charge is 0.195 e. The van der Waals surface area contributed by atoms with Crippen molar-refractivity contribution in [2.75, 3.05) is 18.0 Å². The van der Waals surface area contributed by atoms with Crippen LogP contribution in [0, 0.1) is 0 Å². The molecule has 0 amide bonds. The van der Waals surface area contributed by atoms with Crippen LogP contribution in [0.1, 0.15) is 53.9 Å². The number of halogens is 1. The van der Waals surface area contributed by atoms with E-state index in [2.05, 4.69) is 45.7 Å². The molecule has 2 heterocycles. The van der Waals surface area contributed by atoms with Crippen molar-refractivity contribution >= 4 is 44.1 Å². The van der Waals surface area contributed by atoms with E-state index in [1.165, 1.54) is 0 Å².